The van der Waals surface area contributed by atoms with Gasteiger partial charge in [-0.3, -0.25) is 9.13 Å². The monoisotopic (exact) mass is 680 g/mol. The minimum atomic E-state index is -4.35. The van der Waals surface area contributed by atoms with Gasteiger partial charge in [-0.2, -0.15) is 0 Å². The second kappa shape index (κ2) is 17.9. The van der Waals surface area contributed by atoms with Gasteiger partial charge in [0.25, 0.3) is 0 Å². The Morgan fingerprint density at radius 1 is 0.622 bits per heavy atom. The molecule has 1 aromatic carbocycles. The van der Waals surface area contributed by atoms with E-state index in [1.165, 1.54) is 18.2 Å². The number of hydrogen-bond acceptors (Lipinski definition) is 6. The second-order valence-corrected chi connectivity index (χ2v) is 16.2. The van der Waals surface area contributed by atoms with Gasteiger partial charge < -0.3 is 18.1 Å². The Balaban J connectivity index is 3.75. The van der Waals surface area contributed by atoms with Gasteiger partial charge in [-0.25, -0.2) is 0 Å². The Kier molecular flexibility index (Phi) is 17.6. The summed E-state index contributed by atoms with van der Waals surface area (Å²) in [5.74, 6) is 0. The number of rotatable bonds is 19. The zero-order valence-electron chi connectivity index (χ0n) is 21.4. The molecule has 6 nitrogen and oxygen atoms in total. The van der Waals surface area contributed by atoms with E-state index in [0.717, 1.165) is 0 Å². The van der Waals surface area contributed by atoms with Crippen molar-refractivity contribution < 1.29 is 27.2 Å². The third-order valence-electron chi connectivity index (χ3n) is 5.35. The highest BCUT2D eigenvalue weighted by Crippen LogP contribution is 2.79. The first-order valence-electron chi connectivity index (χ1n) is 12.1. The Morgan fingerprint density at radius 3 is 1.22 bits per heavy atom. The van der Waals surface area contributed by atoms with Crippen LogP contribution >= 0.6 is 84.8 Å². The van der Waals surface area contributed by atoms with Crippen molar-refractivity contribution in [2.45, 2.75) is 80.3 Å². The quantitative estimate of drug-likeness (QED) is 0.107. The van der Waals surface area contributed by atoms with Crippen LogP contribution in [0.3, 0.4) is 0 Å². The SMILES string of the molecule is CCC(Cl)COP(=O)(OCC(Cl)CC)C(c1ccc(Cl)c(Cl)c1)P(=O)(OCC(Cl)CC)OCC(Cl)CC. The zero-order chi connectivity index (χ0) is 28.2. The highest BCUT2D eigenvalue weighted by molar-refractivity contribution is 7.72. The maximum absolute atomic E-state index is 14.6. The first-order valence-corrected chi connectivity index (χ1v) is 17.9. The van der Waals surface area contributed by atoms with Crippen LogP contribution in [0.15, 0.2) is 18.2 Å². The highest BCUT2D eigenvalue weighted by atomic mass is 35.5. The van der Waals surface area contributed by atoms with Crippen LogP contribution in [0.25, 0.3) is 0 Å². The van der Waals surface area contributed by atoms with Gasteiger partial charge in [-0.1, -0.05) is 57.0 Å². The lowest BCUT2D eigenvalue weighted by molar-refractivity contribution is 0.179. The minimum absolute atomic E-state index is 0.141. The van der Waals surface area contributed by atoms with Gasteiger partial charge in [0, 0.05) is 0 Å². The minimum Gasteiger partial charge on any atom is -0.306 e. The molecule has 0 saturated heterocycles. The zero-order valence-corrected chi connectivity index (χ0v) is 27.7. The van der Waals surface area contributed by atoms with Crippen molar-refractivity contribution in [2.24, 2.45) is 0 Å². The molecule has 14 heteroatoms. The van der Waals surface area contributed by atoms with Crippen LogP contribution in [0.2, 0.25) is 10.0 Å². The molecular formula is C23H36Cl6O6P2. The molecule has 0 saturated carbocycles. The second-order valence-electron chi connectivity index (χ2n) is 8.33. The van der Waals surface area contributed by atoms with Crippen LogP contribution in [0.1, 0.15) is 64.3 Å². The molecule has 0 aliphatic rings. The molecule has 4 atom stereocenters. The summed E-state index contributed by atoms with van der Waals surface area (Å²) < 4.78 is 52.6. The van der Waals surface area contributed by atoms with Gasteiger partial charge in [0.15, 0.2) is 5.40 Å². The fourth-order valence-electron chi connectivity index (χ4n) is 2.78. The number of benzene rings is 1. The maximum atomic E-state index is 14.6. The van der Waals surface area contributed by atoms with Crippen LogP contribution in [0, 0.1) is 0 Å². The highest BCUT2D eigenvalue weighted by Gasteiger charge is 2.53. The van der Waals surface area contributed by atoms with Crippen LogP contribution in [0.5, 0.6) is 0 Å². The fourth-order valence-corrected chi connectivity index (χ4v) is 9.19. The van der Waals surface area contributed by atoms with Gasteiger partial charge in [-0.15, -0.1) is 46.4 Å². The van der Waals surface area contributed by atoms with E-state index < -0.39 is 42.1 Å². The van der Waals surface area contributed by atoms with Crippen LogP contribution in [-0.2, 0) is 27.2 Å². The first-order chi connectivity index (χ1) is 17.3. The van der Waals surface area contributed by atoms with E-state index in [9.17, 15) is 9.13 Å². The molecule has 37 heavy (non-hydrogen) atoms. The van der Waals surface area contributed by atoms with Crippen molar-refractivity contribution in [1.29, 1.82) is 0 Å². The largest absolute Gasteiger partial charge is 0.350 e. The van der Waals surface area contributed by atoms with E-state index in [0.29, 0.717) is 25.7 Å². The summed E-state index contributed by atoms with van der Waals surface area (Å²) in [5.41, 5.74) is 0.219. The summed E-state index contributed by atoms with van der Waals surface area (Å²) in [5, 5.41) is -3.08. The topological polar surface area (TPSA) is 71.1 Å². The lowest BCUT2D eigenvalue weighted by atomic mass is 10.2. The van der Waals surface area contributed by atoms with Crippen LogP contribution in [0.4, 0.5) is 0 Å². The van der Waals surface area contributed by atoms with Crippen molar-refractivity contribution >= 4 is 84.8 Å². The molecule has 0 aliphatic heterocycles. The Bertz CT molecular complexity index is 828. The van der Waals surface area contributed by atoms with Gasteiger partial charge in [0.05, 0.1) is 58.0 Å². The van der Waals surface area contributed by atoms with Crippen LogP contribution < -0.4 is 0 Å². The molecule has 0 aliphatic carbocycles. The van der Waals surface area contributed by atoms with E-state index in [1.807, 2.05) is 27.7 Å². The normalized spacial score (nSPS) is 19.4. The third-order valence-corrected chi connectivity index (χ3v) is 13.4. The molecule has 0 amide bonds. The van der Waals surface area contributed by atoms with E-state index in [4.69, 9.17) is 87.7 Å². The molecule has 216 valence electrons. The molecule has 1 aromatic rings. The molecule has 0 fully saturated rings. The van der Waals surface area contributed by atoms with Crippen LogP contribution in [-0.4, -0.2) is 47.9 Å². The summed E-state index contributed by atoms with van der Waals surface area (Å²) >= 11 is 37.6. The summed E-state index contributed by atoms with van der Waals surface area (Å²) in [6.45, 7) is 6.82. The third kappa shape index (κ3) is 12.0. The Hall–Kier alpha value is 1.26. The van der Waals surface area contributed by atoms with Crippen molar-refractivity contribution in [3.63, 3.8) is 0 Å². The molecule has 4 unspecified atom stereocenters. The lowest BCUT2D eigenvalue weighted by Crippen LogP contribution is -2.19. The molecule has 0 spiro atoms. The maximum Gasteiger partial charge on any atom is 0.350 e. The van der Waals surface area contributed by atoms with Crippen molar-refractivity contribution in [3.05, 3.63) is 33.8 Å². The number of hydrogen-bond donors (Lipinski definition) is 0. The van der Waals surface area contributed by atoms with E-state index >= 15 is 0 Å². The number of halogens is 6. The summed E-state index contributed by atoms with van der Waals surface area (Å²) in [6.07, 6.45) is 2.13. The van der Waals surface area contributed by atoms with Gasteiger partial charge in [0.1, 0.15) is 0 Å². The average molecular weight is 683 g/mol. The van der Waals surface area contributed by atoms with E-state index in [-0.39, 0.29) is 42.0 Å². The number of alkyl halides is 4. The van der Waals surface area contributed by atoms with Crippen molar-refractivity contribution in [1.82, 2.24) is 0 Å². The summed E-state index contributed by atoms with van der Waals surface area (Å²) in [7, 11) is -8.70. The molecule has 1 rings (SSSR count). The smallest absolute Gasteiger partial charge is 0.306 e. The summed E-state index contributed by atoms with van der Waals surface area (Å²) in [6, 6.07) is 4.43. The molecule has 0 aromatic heterocycles. The Labute approximate surface area is 251 Å². The van der Waals surface area contributed by atoms with E-state index in [1.54, 1.807) is 0 Å². The molecule has 0 N–H and O–H groups in total. The van der Waals surface area contributed by atoms with Crippen molar-refractivity contribution in [2.75, 3.05) is 26.4 Å². The average Bonchev–Trinajstić information content (AvgIpc) is 2.89. The standard InChI is InChI=1S/C23H36Cl6O6P2/c1-5-17(24)12-32-36(30,33-13-18(25)6-2)23(16-9-10-21(28)22(29)11-16)37(31,34-14-19(26)7-3)35-15-20(27)8-4/h9-11,17-20,23H,5-8,12-15H2,1-4H3. The van der Waals surface area contributed by atoms with Crippen molar-refractivity contribution in [3.8, 4) is 0 Å². The molecule has 0 heterocycles. The van der Waals surface area contributed by atoms with Gasteiger partial charge >= 0.3 is 15.2 Å². The molecule has 0 radical (unpaired) electrons. The predicted molar refractivity (Wildman–Crippen MR) is 158 cm³/mol. The molecular weight excluding hydrogens is 647 g/mol. The first kappa shape index (κ1) is 36.3. The van der Waals surface area contributed by atoms with E-state index in [2.05, 4.69) is 0 Å². The van der Waals surface area contributed by atoms with Gasteiger partial charge in [0.2, 0.25) is 0 Å². The predicted octanol–water partition coefficient (Wildman–Crippen LogP) is 10.5. The van der Waals surface area contributed by atoms with Gasteiger partial charge in [-0.05, 0) is 43.4 Å². The molecule has 0 bridgehead atoms. The fraction of sp³-hybridized carbons (Fsp3) is 0.739. The Morgan fingerprint density at radius 2 is 0.946 bits per heavy atom. The lowest BCUT2D eigenvalue weighted by Gasteiger charge is -2.33. The summed E-state index contributed by atoms with van der Waals surface area (Å²) in [4.78, 5) is 0.